The molecule has 0 aliphatic carbocycles. The van der Waals surface area contributed by atoms with Crippen LogP contribution >= 0.6 is 34.5 Å². The third-order valence-corrected chi connectivity index (χ3v) is 2.99. The van der Waals surface area contributed by atoms with Crippen LogP contribution < -0.4 is 0 Å². The van der Waals surface area contributed by atoms with Crippen LogP contribution in [-0.4, -0.2) is 5.88 Å². The number of hydrogen-bond donors (Lipinski definition) is 0. The lowest BCUT2D eigenvalue weighted by Crippen LogP contribution is -1.76. The molecule has 0 nitrogen and oxygen atoms in total. The van der Waals surface area contributed by atoms with Gasteiger partial charge in [0.25, 0.3) is 0 Å². The fourth-order valence-electron chi connectivity index (χ4n) is 0.958. The van der Waals surface area contributed by atoms with E-state index in [-0.39, 0.29) is 0 Å². The van der Waals surface area contributed by atoms with Gasteiger partial charge in [-0.15, -0.1) is 22.9 Å². The molecule has 1 heterocycles. The summed E-state index contributed by atoms with van der Waals surface area (Å²) in [5.74, 6) is 0.666. The Balaban J connectivity index is 2.77. The molecule has 0 unspecified atom stereocenters. The topological polar surface area (TPSA) is 0 Å². The minimum absolute atomic E-state index is 0.666. The summed E-state index contributed by atoms with van der Waals surface area (Å²) in [6, 6.07) is 2.03. The zero-order valence-electron chi connectivity index (χ0n) is 6.81. The van der Waals surface area contributed by atoms with Crippen LogP contribution in [0.15, 0.2) is 17.5 Å². The summed E-state index contributed by atoms with van der Waals surface area (Å²) < 4.78 is 0.860. The molecule has 0 fully saturated rings. The number of allylic oxidation sites excluding steroid dienone is 2. The molecule has 1 aromatic heterocycles. The maximum absolute atomic E-state index is 5.96. The zero-order chi connectivity index (χ0) is 8.97. The number of alkyl halides is 1. The molecule has 0 bridgehead atoms. The lowest BCUT2D eigenvalue weighted by molar-refractivity contribution is 1.23. The maximum atomic E-state index is 5.96. The molecule has 0 amide bonds. The van der Waals surface area contributed by atoms with Crippen molar-refractivity contribution >= 4 is 40.1 Å². The molecular weight excluding hydrogens is 211 g/mol. The highest BCUT2D eigenvalue weighted by Crippen LogP contribution is 2.28. The monoisotopic (exact) mass is 220 g/mol. The molecule has 0 radical (unpaired) electrons. The molecular formula is C9H10Cl2S. The van der Waals surface area contributed by atoms with E-state index in [0.717, 1.165) is 16.3 Å². The Hall–Kier alpha value is 0.0200. The highest BCUT2D eigenvalue weighted by Gasteiger charge is 2.01. The quantitative estimate of drug-likeness (QED) is 0.662. The first-order chi connectivity index (χ1) is 5.75. The summed E-state index contributed by atoms with van der Waals surface area (Å²) in [6.07, 6.45) is 3.01. The van der Waals surface area contributed by atoms with Crippen molar-refractivity contribution in [2.24, 2.45) is 0 Å². The minimum Gasteiger partial charge on any atom is -0.131 e. The molecule has 0 saturated heterocycles. The molecule has 0 aromatic carbocycles. The Morgan fingerprint density at radius 2 is 2.42 bits per heavy atom. The molecule has 0 N–H and O–H groups in total. The maximum Gasteiger partial charge on any atom is 0.100 e. The summed E-state index contributed by atoms with van der Waals surface area (Å²) in [5.41, 5.74) is 2.34. The molecule has 0 aliphatic heterocycles. The SMILES string of the molecule is C/C(=C/CCCl)c1ccsc1Cl. The lowest BCUT2D eigenvalue weighted by Gasteiger charge is -1.97. The van der Waals surface area contributed by atoms with Crippen molar-refractivity contribution in [2.45, 2.75) is 13.3 Å². The molecule has 3 heteroatoms. The number of hydrogen-bond acceptors (Lipinski definition) is 1. The van der Waals surface area contributed by atoms with Gasteiger partial charge in [0.15, 0.2) is 0 Å². The molecule has 0 saturated carbocycles. The minimum atomic E-state index is 0.666. The van der Waals surface area contributed by atoms with Crippen LogP contribution in [0, 0.1) is 0 Å². The van der Waals surface area contributed by atoms with Gasteiger partial charge in [-0.25, -0.2) is 0 Å². The van der Waals surface area contributed by atoms with Crippen molar-refractivity contribution in [1.82, 2.24) is 0 Å². The summed E-state index contributed by atoms with van der Waals surface area (Å²) in [7, 11) is 0. The van der Waals surface area contributed by atoms with Gasteiger partial charge in [0.1, 0.15) is 4.34 Å². The van der Waals surface area contributed by atoms with Crippen LogP contribution in [0.5, 0.6) is 0 Å². The van der Waals surface area contributed by atoms with Crippen molar-refractivity contribution in [3.05, 3.63) is 27.4 Å². The molecule has 0 aliphatic rings. The van der Waals surface area contributed by atoms with E-state index in [1.54, 1.807) is 11.3 Å². The Bertz CT molecular complexity index is 276. The van der Waals surface area contributed by atoms with Gasteiger partial charge in [-0.05, 0) is 30.4 Å². The van der Waals surface area contributed by atoms with Crippen molar-refractivity contribution in [2.75, 3.05) is 5.88 Å². The van der Waals surface area contributed by atoms with E-state index in [4.69, 9.17) is 23.2 Å². The van der Waals surface area contributed by atoms with Gasteiger partial charge < -0.3 is 0 Å². The van der Waals surface area contributed by atoms with Gasteiger partial charge >= 0.3 is 0 Å². The van der Waals surface area contributed by atoms with Crippen LogP contribution in [0.1, 0.15) is 18.9 Å². The smallest absolute Gasteiger partial charge is 0.100 e. The second-order valence-electron chi connectivity index (χ2n) is 2.47. The molecule has 66 valence electrons. The first-order valence-electron chi connectivity index (χ1n) is 3.72. The second-order valence-corrected chi connectivity index (χ2v) is 4.37. The van der Waals surface area contributed by atoms with E-state index in [0.29, 0.717) is 5.88 Å². The predicted molar refractivity (Wildman–Crippen MR) is 58.3 cm³/mol. The summed E-state index contributed by atoms with van der Waals surface area (Å²) in [6.45, 7) is 2.06. The van der Waals surface area contributed by atoms with Gasteiger partial charge in [-0.2, -0.15) is 0 Å². The first-order valence-corrected chi connectivity index (χ1v) is 5.51. The van der Waals surface area contributed by atoms with Gasteiger partial charge in [0.05, 0.1) is 0 Å². The zero-order valence-corrected chi connectivity index (χ0v) is 9.14. The Morgan fingerprint density at radius 3 is 2.92 bits per heavy atom. The summed E-state index contributed by atoms with van der Waals surface area (Å²) in [4.78, 5) is 0. The van der Waals surface area contributed by atoms with E-state index < -0.39 is 0 Å². The van der Waals surface area contributed by atoms with E-state index >= 15 is 0 Å². The average Bonchev–Trinajstić information content (AvgIpc) is 2.47. The van der Waals surface area contributed by atoms with Gasteiger partial charge in [0.2, 0.25) is 0 Å². The Labute approximate surface area is 86.8 Å². The fraction of sp³-hybridized carbons (Fsp3) is 0.333. The molecule has 0 atom stereocenters. The van der Waals surface area contributed by atoms with Gasteiger partial charge in [-0.3, -0.25) is 0 Å². The van der Waals surface area contributed by atoms with Crippen molar-refractivity contribution < 1.29 is 0 Å². The van der Waals surface area contributed by atoms with Crippen LogP contribution in [0.2, 0.25) is 4.34 Å². The largest absolute Gasteiger partial charge is 0.131 e. The van der Waals surface area contributed by atoms with Gasteiger partial charge in [-0.1, -0.05) is 17.7 Å². The lowest BCUT2D eigenvalue weighted by atomic mass is 10.1. The molecule has 12 heavy (non-hydrogen) atoms. The van der Waals surface area contributed by atoms with Crippen molar-refractivity contribution in [3.63, 3.8) is 0 Å². The predicted octanol–water partition coefficient (Wildman–Crippen LogP) is 4.43. The summed E-state index contributed by atoms with van der Waals surface area (Å²) >= 11 is 13.1. The Kier molecular flexibility index (Phi) is 4.13. The van der Waals surface area contributed by atoms with Crippen molar-refractivity contribution in [3.8, 4) is 0 Å². The highest BCUT2D eigenvalue weighted by atomic mass is 35.5. The number of halogens is 2. The Morgan fingerprint density at radius 1 is 1.67 bits per heavy atom. The number of rotatable bonds is 3. The summed E-state index contributed by atoms with van der Waals surface area (Å²) in [5, 5.41) is 2.00. The van der Waals surface area contributed by atoms with E-state index in [1.165, 1.54) is 5.57 Å². The highest BCUT2D eigenvalue weighted by molar-refractivity contribution is 7.14. The van der Waals surface area contributed by atoms with Gasteiger partial charge in [0, 0.05) is 11.4 Å². The van der Waals surface area contributed by atoms with E-state index in [2.05, 4.69) is 13.0 Å². The molecule has 1 rings (SSSR count). The van der Waals surface area contributed by atoms with E-state index in [1.807, 2.05) is 11.4 Å². The third kappa shape index (κ3) is 2.51. The van der Waals surface area contributed by atoms with Crippen LogP contribution in [0.4, 0.5) is 0 Å². The average molecular weight is 221 g/mol. The molecule has 0 spiro atoms. The van der Waals surface area contributed by atoms with Crippen molar-refractivity contribution in [1.29, 1.82) is 0 Å². The van der Waals surface area contributed by atoms with Crippen LogP contribution in [0.25, 0.3) is 5.57 Å². The van der Waals surface area contributed by atoms with E-state index in [9.17, 15) is 0 Å². The fourth-order valence-corrected chi connectivity index (χ4v) is 2.11. The molecule has 1 aromatic rings. The van der Waals surface area contributed by atoms with Crippen LogP contribution in [-0.2, 0) is 0 Å². The standard InChI is InChI=1S/C9H10Cl2S/c1-7(3-2-5-10)8-4-6-12-9(8)11/h3-4,6H,2,5H2,1H3/b7-3-. The first kappa shape index (κ1) is 10.1. The third-order valence-electron chi connectivity index (χ3n) is 1.60. The normalized spacial score (nSPS) is 12.1. The second kappa shape index (κ2) is 4.90. The number of thiophene rings is 1. The van der Waals surface area contributed by atoms with Crippen LogP contribution in [0.3, 0.4) is 0 Å².